The van der Waals surface area contributed by atoms with Gasteiger partial charge in [-0.3, -0.25) is 10.1 Å². The van der Waals surface area contributed by atoms with Gasteiger partial charge in [0.25, 0.3) is 5.91 Å². The Hall–Kier alpha value is -2.12. The third kappa shape index (κ3) is 3.55. The maximum atomic E-state index is 12.2. The van der Waals surface area contributed by atoms with Crippen LogP contribution in [0.25, 0.3) is 0 Å². The average Bonchev–Trinajstić information content (AvgIpc) is 3.20. The van der Waals surface area contributed by atoms with Gasteiger partial charge in [-0.25, -0.2) is 0 Å². The smallest absolute Gasteiger partial charge is 0.322 e. The van der Waals surface area contributed by atoms with E-state index in [1.54, 1.807) is 29.2 Å². The maximum Gasteiger partial charge on any atom is 0.322 e. The zero-order valence-electron chi connectivity index (χ0n) is 11.8. The van der Waals surface area contributed by atoms with Crippen LogP contribution in [0.3, 0.4) is 0 Å². The molecule has 2 heterocycles. The van der Waals surface area contributed by atoms with E-state index >= 15 is 0 Å². The summed E-state index contributed by atoms with van der Waals surface area (Å²) in [4.78, 5) is 14.3. The highest BCUT2D eigenvalue weighted by molar-refractivity contribution is 7.98. The number of aromatic nitrogens is 2. The van der Waals surface area contributed by atoms with E-state index in [1.807, 2.05) is 42.0 Å². The van der Waals surface area contributed by atoms with Crippen LogP contribution in [0.2, 0.25) is 0 Å². The molecule has 0 aliphatic rings. The lowest BCUT2D eigenvalue weighted by molar-refractivity contribution is 0.102. The van der Waals surface area contributed by atoms with Crippen molar-refractivity contribution in [2.75, 3.05) is 11.6 Å². The number of hydrogen-bond donors (Lipinski definition) is 1. The molecule has 5 nitrogen and oxygen atoms in total. The number of rotatable bonds is 5. The molecule has 1 aromatic carbocycles. The van der Waals surface area contributed by atoms with E-state index in [4.69, 9.17) is 4.42 Å². The van der Waals surface area contributed by atoms with Gasteiger partial charge in [0.1, 0.15) is 0 Å². The minimum Gasteiger partial charge on any atom is -0.407 e. The Balaban J connectivity index is 1.67. The van der Waals surface area contributed by atoms with Crippen LogP contribution in [0, 0.1) is 0 Å². The van der Waals surface area contributed by atoms with Crippen LogP contribution >= 0.6 is 23.1 Å². The molecule has 0 atom stereocenters. The maximum absolute atomic E-state index is 12.2. The van der Waals surface area contributed by atoms with Crippen molar-refractivity contribution >= 4 is 35.0 Å². The van der Waals surface area contributed by atoms with Gasteiger partial charge < -0.3 is 4.42 Å². The Kier molecular flexibility index (Phi) is 4.55. The highest BCUT2D eigenvalue weighted by atomic mass is 32.2. The first-order chi connectivity index (χ1) is 10.7. The lowest BCUT2D eigenvalue weighted by Gasteiger charge is -2.02. The van der Waals surface area contributed by atoms with E-state index in [-0.39, 0.29) is 11.9 Å². The van der Waals surface area contributed by atoms with Gasteiger partial charge in [0.2, 0.25) is 5.89 Å². The van der Waals surface area contributed by atoms with Gasteiger partial charge in [-0.2, -0.15) is 0 Å². The molecule has 0 bridgehead atoms. The second kappa shape index (κ2) is 6.76. The quantitative estimate of drug-likeness (QED) is 0.722. The molecule has 0 radical (unpaired) electrons. The van der Waals surface area contributed by atoms with E-state index in [2.05, 4.69) is 15.5 Å². The van der Waals surface area contributed by atoms with Gasteiger partial charge in [0.05, 0.1) is 6.42 Å². The van der Waals surface area contributed by atoms with Crippen molar-refractivity contribution in [2.45, 2.75) is 11.3 Å². The number of thioether (sulfide) groups is 1. The number of nitrogens with one attached hydrogen (secondary N) is 1. The van der Waals surface area contributed by atoms with Crippen LogP contribution in [0.1, 0.15) is 21.1 Å². The lowest BCUT2D eigenvalue weighted by atomic mass is 10.2. The fourth-order valence-electron chi connectivity index (χ4n) is 1.87. The molecule has 0 aliphatic carbocycles. The molecule has 3 rings (SSSR count). The number of carbonyl (C=O) groups is 1. The third-order valence-corrected chi connectivity index (χ3v) is 4.53. The molecule has 0 unspecified atom stereocenters. The fourth-order valence-corrected chi connectivity index (χ4v) is 3.03. The molecule has 1 N–H and O–H groups in total. The molecule has 0 fully saturated rings. The highest BCUT2D eigenvalue weighted by Crippen LogP contribution is 2.18. The van der Waals surface area contributed by atoms with Gasteiger partial charge in [-0.05, 0) is 35.9 Å². The van der Waals surface area contributed by atoms with Crippen molar-refractivity contribution in [3.05, 3.63) is 58.1 Å². The van der Waals surface area contributed by atoms with Gasteiger partial charge in [-0.1, -0.05) is 17.2 Å². The van der Waals surface area contributed by atoms with Crippen molar-refractivity contribution in [2.24, 2.45) is 0 Å². The molecular formula is C15H13N3O2S2. The van der Waals surface area contributed by atoms with E-state index in [1.165, 1.54) is 0 Å². The number of benzene rings is 1. The molecule has 0 aliphatic heterocycles. The van der Waals surface area contributed by atoms with Crippen LogP contribution in [-0.4, -0.2) is 22.4 Å². The summed E-state index contributed by atoms with van der Waals surface area (Å²) in [6.07, 6.45) is 2.54. The van der Waals surface area contributed by atoms with Gasteiger partial charge in [0, 0.05) is 15.3 Å². The zero-order valence-corrected chi connectivity index (χ0v) is 13.4. The number of carbonyl (C=O) groups excluding carboxylic acids is 1. The average molecular weight is 331 g/mol. The molecule has 3 aromatic rings. The number of anilines is 1. The summed E-state index contributed by atoms with van der Waals surface area (Å²) in [6, 6.07) is 11.5. The Morgan fingerprint density at radius 3 is 3.00 bits per heavy atom. The highest BCUT2D eigenvalue weighted by Gasteiger charge is 2.12. The zero-order chi connectivity index (χ0) is 15.4. The molecule has 1 amide bonds. The number of nitrogens with zero attached hydrogens (tertiary/aromatic N) is 2. The number of amides is 1. The van der Waals surface area contributed by atoms with E-state index in [9.17, 15) is 4.79 Å². The molecule has 7 heteroatoms. The predicted octanol–water partition coefficient (Wildman–Crippen LogP) is 3.70. The van der Waals surface area contributed by atoms with Crippen LogP contribution in [0.15, 0.2) is 51.1 Å². The van der Waals surface area contributed by atoms with Crippen molar-refractivity contribution in [3.63, 3.8) is 0 Å². The standard InChI is InChI=1S/C15H13N3O2S2/c1-21-11-5-2-4-10(8-11)14(19)16-15-18-17-13(20-15)9-12-6-3-7-22-12/h2-8H,9H2,1H3,(H,16,18,19). The van der Waals surface area contributed by atoms with Gasteiger partial charge in [-0.15, -0.1) is 28.2 Å². The number of hydrogen-bond acceptors (Lipinski definition) is 6. The monoisotopic (exact) mass is 331 g/mol. The summed E-state index contributed by atoms with van der Waals surface area (Å²) in [7, 11) is 0. The van der Waals surface area contributed by atoms with Crippen LogP contribution in [-0.2, 0) is 6.42 Å². The Labute approximate surface area is 135 Å². The molecular weight excluding hydrogens is 318 g/mol. The summed E-state index contributed by atoms with van der Waals surface area (Å²) >= 11 is 3.21. The van der Waals surface area contributed by atoms with E-state index in [0.717, 1.165) is 9.77 Å². The topological polar surface area (TPSA) is 68.0 Å². The van der Waals surface area contributed by atoms with Gasteiger partial charge >= 0.3 is 6.01 Å². The summed E-state index contributed by atoms with van der Waals surface area (Å²) in [5.41, 5.74) is 0.560. The fraction of sp³-hybridized carbons (Fsp3) is 0.133. The van der Waals surface area contributed by atoms with Crippen molar-refractivity contribution in [1.29, 1.82) is 0 Å². The van der Waals surface area contributed by atoms with Crippen molar-refractivity contribution in [1.82, 2.24) is 10.2 Å². The van der Waals surface area contributed by atoms with Gasteiger partial charge in [0.15, 0.2) is 0 Å². The largest absolute Gasteiger partial charge is 0.407 e. The van der Waals surface area contributed by atoms with E-state index < -0.39 is 0 Å². The second-order valence-corrected chi connectivity index (χ2v) is 6.36. The Bertz CT molecular complexity index is 769. The second-order valence-electron chi connectivity index (χ2n) is 4.44. The minimum absolute atomic E-state index is 0.117. The first kappa shape index (κ1) is 14.8. The summed E-state index contributed by atoms with van der Waals surface area (Å²) < 4.78 is 5.45. The molecule has 0 saturated heterocycles. The Morgan fingerprint density at radius 1 is 1.32 bits per heavy atom. The summed E-state index contributed by atoms with van der Waals surface area (Å²) in [6.45, 7) is 0. The Morgan fingerprint density at radius 2 is 2.23 bits per heavy atom. The molecule has 2 aromatic heterocycles. The third-order valence-electron chi connectivity index (χ3n) is 2.92. The van der Waals surface area contributed by atoms with Crippen LogP contribution in [0.5, 0.6) is 0 Å². The summed E-state index contributed by atoms with van der Waals surface area (Å²) in [5, 5.41) is 12.4. The molecule has 0 spiro atoms. The molecule has 22 heavy (non-hydrogen) atoms. The normalized spacial score (nSPS) is 10.6. The summed E-state index contributed by atoms with van der Waals surface area (Å²) in [5.74, 6) is 0.220. The predicted molar refractivity (Wildman–Crippen MR) is 87.6 cm³/mol. The van der Waals surface area contributed by atoms with Crippen LogP contribution < -0.4 is 5.32 Å². The van der Waals surface area contributed by atoms with Crippen molar-refractivity contribution < 1.29 is 9.21 Å². The van der Waals surface area contributed by atoms with E-state index in [0.29, 0.717) is 17.9 Å². The SMILES string of the molecule is CSc1cccc(C(=O)Nc2nnc(Cc3cccs3)o2)c1. The first-order valence-corrected chi connectivity index (χ1v) is 8.65. The molecule has 112 valence electrons. The first-order valence-electron chi connectivity index (χ1n) is 6.55. The van der Waals surface area contributed by atoms with Crippen LogP contribution in [0.4, 0.5) is 6.01 Å². The van der Waals surface area contributed by atoms with Crippen molar-refractivity contribution in [3.8, 4) is 0 Å². The minimum atomic E-state index is -0.262. The number of thiophene rings is 1. The lowest BCUT2D eigenvalue weighted by Crippen LogP contribution is -2.12. The molecule has 0 saturated carbocycles.